The topological polar surface area (TPSA) is 320 Å². The molecular formula is C93H116Cl2F13N5O19S. The Bertz CT molecular complexity index is 4490. The number of aliphatic hydroxyl groups is 3. The van der Waals surface area contributed by atoms with Gasteiger partial charge < -0.3 is 79.0 Å². The molecule has 8 N–H and O–H groups in total. The molecule has 15 atom stereocenters. The zero-order valence-corrected chi connectivity index (χ0v) is 76.3. The quantitative estimate of drug-likeness (QED) is 0.00181. The van der Waals surface area contributed by atoms with E-state index in [0.29, 0.717) is 29.7 Å². The third kappa shape index (κ3) is 38.6. The Morgan fingerprint density at radius 3 is 1.44 bits per heavy atom. The average Bonchev–Trinajstić information content (AvgIpc) is 1.60. The number of aliphatic hydroxyl groups excluding tert-OH is 3. The standard InChI is InChI=1S/C21H21F2NO3S.C12H13F2NO2.C12H15F2NO2.C12H13F2NO2.C12H12F2O2.C10H17FO3.C8H14FNO3.C3H6ClFO.C3H5ClO/c22-11-19-16(12-25)21(13-27-19,15-8-4-5-9-17(15)23)24-20(28)10-18(26)14-6-2-1-3-7-14;13-5-11-9-6-17-15-12(9,7-16-11)8-3-1-2-4-10(8)14;13-5-11-9(6-16)12(15,7-17-11)8-3-1-2-4-10(8)14;1-2-9(7-13)17-8-12(15-16)10-5-3-4-6-11(10)14;1-2-9(7-13)16-8-12(15)10-5-3-4-6-11(10)14;1-5-8(6-11)13-7-9(12)14-10(2,3)4;1-4-7(5-9)13-6-8(11)10(2)12-3;4-1-3(6)2-5;4-1-3-2-5-3/h1-9,16,19,25H,10-13H2,(H,24,28);1-4,9,11,15H,5-7H2;1-4,9,11,16H,5-7,15H2;2-6,9,16H,1,7-8H2;2-6,9H,1,7-8H2;5,8H,1,6-7H2,2-4H3;4,7H,1,5-6H2,2-3H3;3,6H,1-2H2;3H,1-2H2/t16-,19-,21-;2*9-,11-,12-;2*9-;8-;7-;2*3-/m111000000/s1. The van der Waals surface area contributed by atoms with Gasteiger partial charge in [-0.15, -0.1) is 49.5 Å². The summed E-state index contributed by atoms with van der Waals surface area (Å²) in [5.41, 5.74) is 6.76. The van der Waals surface area contributed by atoms with Crippen molar-refractivity contribution in [2.45, 2.75) is 104 Å². The zero-order chi connectivity index (χ0) is 99.3. The lowest BCUT2D eigenvalue weighted by atomic mass is 9.77. The van der Waals surface area contributed by atoms with E-state index in [1.54, 1.807) is 118 Å². The van der Waals surface area contributed by atoms with Crippen LogP contribution in [0.4, 0.5) is 57.1 Å². The highest BCUT2D eigenvalue weighted by atomic mass is 35.5. The number of hydroxylamine groups is 3. The first-order valence-corrected chi connectivity index (χ1v) is 42.6. The number of oxime groups is 1. The van der Waals surface area contributed by atoms with Gasteiger partial charge in [0.1, 0.15) is 144 Å². The van der Waals surface area contributed by atoms with Crippen LogP contribution in [0.25, 0.3) is 0 Å². The number of carbonyl (C=O) groups is 4. The third-order valence-electron chi connectivity index (χ3n) is 19.9. The summed E-state index contributed by atoms with van der Waals surface area (Å²) in [6.45, 7) is 12.6. The van der Waals surface area contributed by atoms with E-state index < -0.39 is 178 Å². The van der Waals surface area contributed by atoms with Crippen LogP contribution in [0.5, 0.6) is 0 Å². The van der Waals surface area contributed by atoms with Crippen LogP contribution in [0.1, 0.15) is 70.2 Å². The number of thiocarbonyl (C=S) groups is 1. The van der Waals surface area contributed by atoms with Crippen molar-refractivity contribution in [3.8, 4) is 0 Å². The monoisotopic (exact) mass is 1960 g/mol. The summed E-state index contributed by atoms with van der Waals surface area (Å²) in [6, 6.07) is 38.6. The van der Waals surface area contributed by atoms with Crippen molar-refractivity contribution in [3.05, 3.63) is 265 Å². The Balaban J connectivity index is 0.000000397. The first-order valence-electron chi connectivity index (χ1n) is 41.1. The van der Waals surface area contributed by atoms with E-state index in [0.717, 1.165) is 11.7 Å². The van der Waals surface area contributed by atoms with Crippen molar-refractivity contribution in [2.24, 2.45) is 28.6 Å². The highest BCUT2D eigenvalue weighted by Gasteiger charge is 2.57. The number of rotatable bonds is 38. The Hall–Kier alpha value is -9.01. The fraction of sp³-hybridized carbons (Fsp3) is 0.462. The third-order valence-corrected chi connectivity index (χ3v) is 20.9. The van der Waals surface area contributed by atoms with E-state index in [2.05, 4.69) is 47.1 Å². The van der Waals surface area contributed by atoms with Crippen LogP contribution < -0.4 is 16.5 Å². The summed E-state index contributed by atoms with van der Waals surface area (Å²) in [7, 11) is 2.81. The van der Waals surface area contributed by atoms with Crippen molar-refractivity contribution in [1.29, 1.82) is 0 Å². The number of likely N-dealkylation sites (N-methyl/N-ethyl adjacent to an activating group) is 1. The molecule has 738 valence electrons. The molecule has 5 fully saturated rings. The number of halogens is 15. The molecule has 5 aliphatic heterocycles. The summed E-state index contributed by atoms with van der Waals surface area (Å²) in [5, 5.41) is 43.2. The van der Waals surface area contributed by atoms with Gasteiger partial charge in [0, 0.05) is 52.6 Å². The van der Waals surface area contributed by atoms with Crippen LogP contribution in [0.3, 0.4) is 0 Å². The number of hydrogen-bond donors (Lipinski definition) is 7. The van der Waals surface area contributed by atoms with Crippen LogP contribution in [-0.2, 0) is 78.5 Å². The summed E-state index contributed by atoms with van der Waals surface area (Å²) in [5.74, 6) is -4.96. The van der Waals surface area contributed by atoms with E-state index in [1.165, 1.54) is 93.1 Å². The van der Waals surface area contributed by atoms with E-state index in [1.807, 2.05) is 0 Å². The normalized spacial score (nSPS) is 21.6. The van der Waals surface area contributed by atoms with E-state index in [9.17, 15) is 86.5 Å². The summed E-state index contributed by atoms with van der Waals surface area (Å²) in [4.78, 5) is 56.0. The molecule has 0 unspecified atom stereocenters. The molecule has 40 heteroatoms. The second-order valence-electron chi connectivity index (χ2n) is 30.2. The number of ether oxygens (including phenoxy) is 9. The maximum absolute atomic E-state index is 14.6. The Morgan fingerprint density at radius 2 is 1.02 bits per heavy atom. The number of Topliss-reactive ketones (excluding diaryl/α,β-unsaturated/α-hetero) is 2. The number of nitrogens with zero attached hydrogens (tertiary/aromatic N) is 2. The fourth-order valence-electron chi connectivity index (χ4n) is 12.5. The molecule has 5 aliphatic rings. The predicted octanol–water partition coefficient (Wildman–Crippen LogP) is 14.4. The second kappa shape index (κ2) is 63.3. The van der Waals surface area contributed by atoms with Crippen molar-refractivity contribution < 1.29 is 149 Å². The number of epoxide rings is 1. The number of hydrogen-bond acceptors (Lipinski definition) is 23. The van der Waals surface area contributed by atoms with E-state index in [4.69, 9.17) is 98.9 Å². The highest BCUT2D eigenvalue weighted by Crippen LogP contribution is 2.45. The molecule has 5 heterocycles. The number of nitrogens with one attached hydrogen (secondary N) is 2. The first-order chi connectivity index (χ1) is 63.6. The van der Waals surface area contributed by atoms with Gasteiger partial charge in [-0.2, -0.15) is 5.48 Å². The van der Waals surface area contributed by atoms with Crippen LogP contribution >= 0.6 is 35.4 Å². The molecule has 11 rings (SSSR count). The Labute approximate surface area is 780 Å². The lowest BCUT2D eigenvalue weighted by Crippen LogP contribution is -2.53. The van der Waals surface area contributed by atoms with Crippen molar-refractivity contribution in [2.75, 3.05) is 152 Å². The van der Waals surface area contributed by atoms with Gasteiger partial charge >= 0.3 is 5.97 Å². The number of carbonyl (C=O) groups excluding carboxylic acids is 4. The number of amides is 1. The summed E-state index contributed by atoms with van der Waals surface area (Å²) >= 11 is 15.6. The molecule has 0 aliphatic carbocycles. The zero-order valence-electron chi connectivity index (χ0n) is 74.0. The van der Waals surface area contributed by atoms with E-state index in [-0.39, 0.29) is 122 Å². The fourth-order valence-corrected chi connectivity index (χ4v) is 13.1. The van der Waals surface area contributed by atoms with Gasteiger partial charge in [-0.05, 0) is 63.2 Å². The van der Waals surface area contributed by atoms with Crippen LogP contribution in [-0.4, -0.2) is 272 Å². The number of benzene rings is 6. The minimum atomic E-state index is -1.26. The number of fused-ring (bicyclic) bond motifs is 1. The van der Waals surface area contributed by atoms with E-state index >= 15 is 0 Å². The van der Waals surface area contributed by atoms with Crippen LogP contribution in [0.2, 0.25) is 0 Å². The van der Waals surface area contributed by atoms with Crippen molar-refractivity contribution in [3.63, 3.8) is 0 Å². The Kier molecular flexibility index (Phi) is 56.3. The lowest BCUT2D eigenvalue weighted by Gasteiger charge is -2.36. The Morgan fingerprint density at radius 1 is 0.579 bits per heavy atom. The lowest BCUT2D eigenvalue weighted by molar-refractivity contribution is -0.174. The molecule has 6 aromatic carbocycles. The SMILES string of the molecule is C=C[C@@H](CF)OCC(=NO)c1ccccc1F.C=C[C@@H](CF)OCC(=O)N(C)OC.C=C[C@@H](CF)OCC(=O)OC(C)(C)C.C=C[C@@H](CF)OCC(=O)c1ccccc1F.ClC[C@H]1CO1.FC[C@H]1OC[C@]2(c3ccccc3F)NOC[C@H]12.N[C@@]1(c2ccccc2F)CO[C@H](CF)[C@H]1CO.O=C(CC(=S)N[C@@]1(c2ccccc2F)CO[C@H](CF)[C@H]1CO)c1ccccc1.O[C@H](CF)CCl. The van der Waals surface area contributed by atoms with Crippen LogP contribution in [0.15, 0.2) is 207 Å². The van der Waals surface area contributed by atoms with Gasteiger partial charge in [0.2, 0.25) is 0 Å². The largest absolute Gasteiger partial charge is 0.458 e. The van der Waals surface area contributed by atoms with Gasteiger partial charge in [0.25, 0.3) is 5.91 Å². The van der Waals surface area contributed by atoms with Crippen molar-refractivity contribution in [1.82, 2.24) is 15.9 Å². The van der Waals surface area contributed by atoms with Gasteiger partial charge in [0.15, 0.2) is 11.6 Å². The van der Waals surface area contributed by atoms with Gasteiger partial charge in [0.05, 0.1) is 130 Å². The van der Waals surface area contributed by atoms with Crippen LogP contribution in [0, 0.1) is 46.8 Å². The van der Waals surface area contributed by atoms with Gasteiger partial charge in [-0.25, -0.2) is 66.9 Å². The maximum atomic E-state index is 14.6. The molecule has 0 saturated carbocycles. The molecular weight excluding hydrogens is 1840 g/mol. The molecule has 1 amide bonds. The molecule has 133 heavy (non-hydrogen) atoms. The minimum absolute atomic E-state index is 0.00315. The minimum Gasteiger partial charge on any atom is -0.458 e. The second-order valence-corrected chi connectivity index (χ2v) is 31.3. The number of nitrogens with two attached hydrogens (primary N) is 1. The maximum Gasteiger partial charge on any atom is 0.332 e. The molecule has 6 aromatic rings. The molecule has 0 aromatic heterocycles. The average molecular weight is 1960 g/mol. The molecule has 0 spiro atoms. The molecule has 0 bridgehead atoms. The highest BCUT2D eigenvalue weighted by molar-refractivity contribution is 7.80. The molecule has 5 saturated heterocycles. The number of ketones is 2. The smallest absolute Gasteiger partial charge is 0.332 e. The summed E-state index contributed by atoms with van der Waals surface area (Å²) < 4.78 is 213. The first kappa shape index (κ1) is 118. The number of esters is 1. The molecule has 24 nitrogen and oxygen atoms in total. The number of alkyl halides is 10. The van der Waals surface area contributed by atoms with Crippen molar-refractivity contribution >= 4 is 69.6 Å². The summed E-state index contributed by atoms with van der Waals surface area (Å²) in [6.07, 6.45) is -0.767. The van der Waals surface area contributed by atoms with Gasteiger partial charge in [-0.1, -0.05) is 151 Å². The predicted molar refractivity (Wildman–Crippen MR) is 478 cm³/mol. The van der Waals surface area contributed by atoms with Gasteiger partial charge in [-0.3, -0.25) is 19.2 Å². The molecule has 0 radical (unpaired) electrons.